The van der Waals surface area contributed by atoms with E-state index in [9.17, 15) is 9.90 Å². The highest BCUT2D eigenvalue weighted by molar-refractivity contribution is 6.42. The summed E-state index contributed by atoms with van der Waals surface area (Å²) in [4.78, 5) is 11.3. The molecule has 1 fully saturated rings. The highest BCUT2D eigenvalue weighted by atomic mass is 35.5. The summed E-state index contributed by atoms with van der Waals surface area (Å²) in [6.07, 6.45) is 3.89. The van der Waals surface area contributed by atoms with Gasteiger partial charge in [-0.2, -0.15) is 0 Å². The fraction of sp³-hybridized carbons (Fsp3) is 0.562. The number of hydrogen-bond donors (Lipinski definition) is 2. The lowest BCUT2D eigenvalue weighted by molar-refractivity contribution is -0.144. The molecular weight excluding hydrogens is 309 g/mol. The third-order valence-corrected chi connectivity index (χ3v) is 5.19. The fourth-order valence-corrected chi connectivity index (χ4v) is 3.54. The van der Waals surface area contributed by atoms with E-state index in [0.29, 0.717) is 16.6 Å². The minimum atomic E-state index is -0.671. The van der Waals surface area contributed by atoms with Gasteiger partial charge in [-0.1, -0.05) is 48.2 Å². The maximum Gasteiger partial charge on any atom is 0.306 e. The minimum Gasteiger partial charge on any atom is -0.481 e. The minimum absolute atomic E-state index is 0.0487. The fourth-order valence-electron chi connectivity index (χ4n) is 3.07. The van der Waals surface area contributed by atoms with Crippen molar-refractivity contribution in [3.8, 4) is 0 Å². The third-order valence-electron chi connectivity index (χ3n) is 4.36. The van der Waals surface area contributed by atoms with Crippen molar-refractivity contribution in [2.75, 3.05) is 6.54 Å². The summed E-state index contributed by atoms with van der Waals surface area (Å²) >= 11 is 12.3. The summed E-state index contributed by atoms with van der Waals surface area (Å²) in [6, 6.07) is 5.64. The van der Waals surface area contributed by atoms with E-state index in [1.165, 1.54) is 0 Å². The van der Waals surface area contributed by atoms with Gasteiger partial charge >= 0.3 is 5.97 Å². The number of benzene rings is 1. The topological polar surface area (TPSA) is 49.3 Å². The van der Waals surface area contributed by atoms with Gasteiger partial charge in [-0.25, -0.2) is 0 Å². The van der Waals surface area contributed by atoms with Gasteiger partial charge in [-0.05, 0) is 43.9 Å². The van der Waals surface area contributed by atoms with Gasteiger partial charge in [0.05, 0.1) is 16.0 Å². The van der Waals surface area contributed by atoms with E-state index in [1.54, 1.807) is 6.07 Å². The number of aliphatic carboxylic acids is 1. The van der Waals surface area contributed by atoms with Gasteiger partial charge in [0.2, 0.25) is 0 Å². The van der Waals surface area contributed by atoms with Crippen LogP contribution in [0.3, 0.4) is 0 Å². The molecule has 1 aliphatic rings. The maximum atomic E-state index is 11.3. The Bertz CT molecular complexity index is 507. The molecule has 3 nitrogen and oxygen atoms in total. The van der Waals surface area contributed by atoms with Crippen molar-refractivity contribution < 1.29 is 9.90 Å². The zero-order valence-corrected chi connectivity index (χ0v) is 13.6. The summed E-state index contributed by atoms with van der Waals surface area (Å²) in [5.41, 5.74) is 0.951. The standard InChI is InChI=1S/C16H21Cl2NO2/c1-10(12-7-4-8-14(17)15(12)18)19-9-11-5-2-3-6-13(11)16(20)21/h4,7-8,10-11,13,19H,2-3,5-6,9H2,1H3,(H,20,21). The first-order chi connectivity index (χ1) is 10.0. The highest BCUT2D eigenvalue weighted by Gasteiger charge is 2.30. The van der Waals surface area contributed by atoms with Crippen LogP contribution in [-0.2, 0) is 4.79 Å². The van der Waals surface area contributed by atoms with Gasteiger partial charge in [0.25, 0.3) is 0 Å². The zero-order valence-electron chi connectivity index (χ0n) is 12.1. The quantitative estimate of drug-likeness (QED) is 0.833. The molecule has 0 aromatic heterocycles. The Balaban J connectivity index is 1.98. The molecule has 0 heterocycles. The second-order valence-electron chi connectivity index (χ2n) is 5.76. The van der Waals surface area contributed by atoms with Gasteiger partial charge in [-0.15, -0.1) is 0 Å². The predicted molar refractivity (Wildman–Crippen MR) is 86.0 cm³/mol. The third kappa shape index (κ3) is 4.12. The van der Waals surface area contributed by atoms with Gasteiger partial charge < -0.3 is 10.4 Å². The Labute approximate surface area is 135 Å². The van der Waals surface area contributed by atoms with Crippen molar-refractivity contribution in [3.63, 3.8) is 0 Å². The Morgan fingerprint density at radius 1 is 1.38 bits per heavy atom. The molecule has 0 bridgehead atoms. The molecule has 0 spiro atoms. The average molecular weight is 330 g/mol. The van der Waals surface area contributed by atoms with Crippen LogP contribution in [0.1, 0.15) is 44.2 Å². The number of nitrogens with one attached hydrogen (secondary N) is 1. The van der Waals surface area contributed by atoms with E-state index in [2.05, 4.69) is 5.32 Å². The number of carboxylic acid groups (broad SMARTS) is 1. The Morgan fingerprint density at radius 2 is 2.10 bits per heavy atom. The molecule has 1 aromatic rings. The van der Waals surface area contributed by atoms with Crippen LogP contribution >= 0.6 is 23.2 Å². The number of carboxylic acids is 1. The summed E-state index contributed by atoms with van der Waals surface area (Å²) in [6.45, 7) is 2.72. The van der Waals surface area contributed by atoms with Crippen molar-refractivity contribution >= 4 is 29.2 Å². The van der Waals surface area contributed by atoms with Crippen LogP contribution in [-0.4, -0.2) is 17.6 Å². The van der Waals surface area contributed by atoms with Crippen LogP contribution in [0, 0.1) is 11.8 Å². The van der Waals surface area contributed by atoms with Crippen LogP contribution < -0.4 is 5.32 Å². The summed E-state index contributed by atoms with van der Waals surface area (Å²) in [7, 11) is 0. The van der Waals surface area contributed by atoms with E-state index >= 15 is 0 Å². The van der Waals surface area contributed by atoms with Crippen molar-refractivity contribution in [2.45, 2.75) is 38.6 Å². The molecule has 1 aromatic carbocycles. The average Bonchev–Trinajstić information content (AvgIpc) is 2.47. The molecule has 5 heteroatoms. The van der Waals surface area contributed by atoms with Crippen LogP contribution in [0.2, 0.25) is 10.0 Å². The Hall–Kier alpha value is -0.770. The molecule has 0 aliphatic heterocycles. The number of carbonyl (C=O) groups is 1. The molecule has 1 aliphatic carbocycles. The lowest BCUT2D eigenvalue weighted by Gasteiger charge is -2.30. The Kier molecular flexibility index (Phi) is 5.91. The van der Waals surface area contributed by atoms with E-state index in [-0.39, 0.29) is 17.9 Å². The molecule has 116 valence electrons. The molecule has 1 saturated carbocycles. The molecule has 0 amide bonds. The molecule has 0 saturated heterocycles. The highest BCUT2D eigenvalue weighted by Crippen LogP contribution is 2.32. The zero-order chi connectivity index (χ0) is 15.4. The first-order valence-corrected chi connectivity index (χ1v) is 8.16. The van der Waals surface area contributed by atoms with Crippen LogP contribution in [0.15, 0.2) is 18.2 Å². The lowest BCUT2D eigenvalue weighted by atomic mass is 9.79. The number of hydrogen-bond acceptors (Lipinski definition) is 2. The first-order valence-electron chi connectivity index (χ1n) is 7.40. The summed E-state index contributed by atoms with van der Waals surface area (Å²) in [5.74, 6) is -0.708. The van der Waals surface area contributed by atoms with Gasteiger partial charge in [0, 0.05) is 6.04 Å². The van der Waals surface area contributed by atoms with Gasteiger partial charge in [-0.3, -0.25) is 4.79 Å². The van der Waals surface area contributed by atoms with E-state index in [0.717, 1.165) is 31.2 Å². The summed E-state index contributed by atoms with van der Waals surface area (Å²) in [5, 5.41) is 13.8. The number of rotatable bonds is 5. The van der Waals surface area contributed by atoms with Crippen LogP contribution in [0.5, 0.6) is 0 Å². The number of halogens is 2. The summed E-state index contributed by atoms with van der Waals surface area (Å²) < 4.78 is 0. The molecular formula is C16H21Cl2NO2. The lowest BCUT2D eigenvalue weighted by Crippen LogP contribution is -2.35. The Morgan fingerprint density at radius 3 is 2.81 bits per heavy atom. The smallest absolute Gasteiger partial charge is 0.306 e. The molecule has 2 N–H and O–H groups in total. The van der Waals surface area contributed by atoms with Crippen LogP contribution in [0.4, 0.5) is 0 Å². The SMILES string of the molecule is CC(NCC1CCCCC1C(=O)O)c1cccc(Cl)c1Cl. The first kappa shape index (κ1) is 16.6. The maximum absolute atomic E-state index is 11.3. The normalized spacial score (nSPS) is 23.8. The van der Waals surface area contributed by atoms with Gasteiger partial charge in [0.15, 0.2) is 0 Å². The monoisotopic (exact) mass is 329 g/mol. The molecule has 3 unspecified atom stereocenters. The van der Waals surface area contributed by atoms with Crippen molar-refractivity contribution in [3.05, 3.63) is 33.8 Å². The second kappa shape index (κ2) is 7.48. The molecule has 2 rings (SSSR count). The van der Waals surface area contributed by atoms with E-state index < -0.39 is 5.97 Å². The molecule has 3 atom stereocenters. The van der Waals surface area contributed by atoms with E-state index in [4.69, 9.17) is 23.2 Å². The van der Waals surface area contributed by atoms with Crippen molar-refractivity contribution in [2.24, 2.45) is 11.8 Å². The van der Waals surface area contributed by atoms with Crippen LogP contribution in [0.25, 0.3) is 0 Å². The molecule has 0 radical (unpaired) electrons. The van der Waals surface area contributed by atoms with Crippen molar-refractivity contribution in [1.29, 1.82) is 0 Å². The molecule has 21 heavy (non-hydrogen) atoms. The predicted octanol–water partition coefficient (Wildman–Crippen LogP) is 4.54. The van der Waals surface area contributed by atoms with Crippen molar-refractivity contribution in [1.82, 2.24) is 5.32 Å². The van der Waals surface area contributed by atoms with Gasteiger partial charge in [0.1, 0.15) is 0 Å². The second-order valence-corrected chi connectivity index (χ2v) is 6.55. The van der Waals surface area contributed by atoms with E-state index in [1.807, 2.05) is 19.1 Å². The largest absolute Gasteiger partial charge is 0.481 e.